The minimum atomic E-state index is -0.558. The fourth-order valence-electron chi connectivity index (χ4n) is 3.06. The molecule has 6 heteroatoms. The number of hydrogen-bond donors (Lipinski definition) is 3. The highest BCUT2D eigenvalue weighted by Crippen LogP contribution is 2.23. The molecule has 2 atom stereocenters. The molecule has 0 spiro atoms. The number of carbonyl (C=O) groups excluding carboxylic acids is 2. The fraction of sp³-hybridized carbons (Fsp3) is 0.368. The summed E-state index contributed by atoms with van der Waals surface area (Å²) in [6, 6.07) is 6.95. The number of allylic oxidation sites excluding steroid dienone is 1. The van der Waals surface area contributed by atoms with E-state index in [0.29, 0.717) is 13.0 Å². The zero-order chi connectivity index (χ0) is 18.0. The number of aliphatic hydroxyl groups is 1. The van der Waals surface area contributed by atoms with Crippen LogP contribution in [0.3, 0.4) is 0 Å². The van der Waals surface area contributed by atoms with Gasteiger partial charge in [0.2, 0.25) is 11.8 Å². The van der Waals surface area contributed by atoms with Crippen LogP contribution in [0, 0.1) is 0 Å². The van der Waals surface area contributed by atoms with Crippen LogP contribution in [0.5, 0.6) is 0 Å². The molecule has 132 valence electrons. The van der Waals surface area contributed by atoms with Crippen molar-refractivity contribution in [2.45, 2.75) is 38.9 Å². The number of rotatable bonds is 5. The number of para-hydroxylation sites is 1. The van der Waals surface area contributed by atoms with Crippen LogP contribution in [0.15, 0.2) is 42.1 Å². The standard InChI is InChI=1S/C19H23N3O3/c1-12(11-23)7-8-22-10-14(15-5-3-4-6-17(15)22)9-16-19(25)20-13(2)18(24)21-16/h3-7,10,13,16,23H,8-9,11H2,1-2H3,(H,20,25)(H,21,24)/b12-7+/t13-,16-/m0/s1. The number of fused-ring (bicyclic) bond motifs is 1. The van der Waals surface area contributed by atoms with Gasteiger partial charge >= 0.3 is 0 Å². The van der Waals surface area contributed by atoms with Gasteiger partial charge in [0, 0.05) is 30.1 Å². The van der Waals surface area contributed by atoms with Crippen LogP contribution in [-0.2, 0) is 22.6 Å². The third-order valence-electron chi connectivity index (χ3n) is 4.57. The molecule has 2 amide bonds. The van der Waals surface area contributed by atoms with E-state index in [9.17, 15) is 9.59 Å². The van der Waals surface area contributed by atoms with Gasteiger partial charge in [0.25, 0.3) is 0 Å². The number of benzene rings is 1. The Morgan fingerprint density at radius 2 is 2.00 bits per heavy atom. The Morgan fingerprint density at radius 3 is 2.76 bits per heavy atom. The first-order valence-electron chi connectivity index (χ1n) is 8.43. The molecule has 1 aliphatic rings. The van der Waals surface area contributed by atoms with Crippen molar-refractivity contribution in [3.63, 3.8) is 0 Å². The number of aliphatic hydroxyl groups excluding tert-OH is 1. The largest absolute Gasteiger partial charge is 0.392 e. The molecule has 1 fully saturated rings. The van der Waals surface area contributed by atoms with E-state index < -0.39 is 12.1 Å². The summed E-state index contributed by atoms with van der Waals surface area (Å²) in [5.74, 6) is -0.310. The molecular weight excluding hydrogens is 318 g/mol. The Balaban J connectivity index is 1.89. The molecule has 3 N–H and O–H groups in total. The smallest absolute Gasteiger partial charge is 0.243 e. The first kappa shape index (κ1) is 17.2. The van der Waals surface area contributed by atoms with Gasteiger partial charge in [0.1, 0.15) is 12.1 Å². The lowest BCUT2D eigenvalue weighted by Gasteiger charge is -2.27. The predicted molar refractivity (Wildman–Crippen MR) is 96.0 cm³/mol. The molecule has 25 heavy (non-hydrogen) atoms. The Hall–Kier alpha value is -2.60. The average molecular weight is 341 g/mol. The lowest BCUT2D eigenvalue weighted by atomic mass is 10.0. The maximum absolute atomic E-state index is 12.2. The van der Waals surface area contributed by atoms with Crippen LogP contribution < -0.4 is 10.6 Å². The van der Waals surface area contributed by atoms with Crippen LogP contribution in [-0.4, -0.2) is 40.2 Å². The number of nitrogens with one attached hydrogen (secondary N) is 2. The SMILES string of the molecule is C/C(=C\Cn1cc(C[C@@H]2NC(=O)[C@H](C)NC2=O)c2ccccc21)CO. The second-order valence-electron chi connectivity index (χ2n) is 6.53. The van der Waals surface area contributed by atoms with Crippen LogP contribution in [0.25, 0.3) is 10.9 Å². The maximum Gasteiger partial charge on any atom is 0.243 e. The Morgan fingerprint density at radius 1 is 1.24 bits per heavy atom. The van der Waals surface area contributed by atoms with E-state index >= 15 is 0 Å². The number of nitrogens with zero attached hydrogens (tertiary/aromatic N) is 1. The molecule has 1 aromatic heterocycles. The molecule has 0 unspecified atom stereocenters. The van der Waals surface area contributed by atoms with Crippen LogP contribution in [0.1, 0.15) is 19.4 Å². The van der Waals surface area contributed by atoms with Crippen molar-refractivity contribution in [2.75, 3.05) is 6.61 Å². The third-order valence-corrected chi connectivity index (χ3v) is 4.57. The van der Waals surface area contributed by atoms with Crippen LogP contribution in [0.2, 0.25) is 0 Å². The third kappa shape index (κ3) is 3.58. The monoisotopic (exact) mass is 341 g/mol. The summed E-state index contributed by atoms with van der Waals surface area (Å²) in [6.45, 7) is 4.24. The van der Waals surface area contributed by atoms with Crippen molar-refractivity contribution >= 4 is 22.7 Å². The van der Waals surface area contributed by atoms with Crippen molar-refractivity contribution < 1.29 is 14.7 Å². The number of aromatic nitrogens is 1. The molecule has 0 radical (unpaired) electrons. The zero-order valence-electron chi connectivity index (χ0n) is 14.5. The summed E-state index contributed by atoms with van der Waals surface area (Å²) in [5, 5.41) is 15.7. The van der Waals surface area contributed by atoms with E-state index in [4.69, 9.17) is 5.11 Å². The zero-order valence-corrected chi connectivity index (χ0v) is 14.5. The van der Waals surface area contributed by atoms with Crippen molar-refractivity contribution in [1.82, 2.24) is 15.2 Å². The van der Waals surface area contributed by atoms with E-state index in [1.807, 2.05) is 43.5 Å². The normalized spacial score (nSPS) is 21.3. The molecule has 3 rings (SSSR count). The van der Waals surface area contributed by atoms with Gasteiger partial charge in [-0.2, -0.15) is 0 Å². The van der Waals surface area contributed by atoms with Crippen molar-refractivity contribution in [2.24, 2.45) is 0 Å². The molecule has 1 saturated heterocycles. The highest BCUT2D eigenvalue weighted by molar-refractivity contribution is 5.97. The van der Waals surface area contributed by atoms with E-state index in [1.165, 1.54) is 0 Å². The molecule has 2 aromatic rings. The summed E-state index contributed by atoms with van der Waals surface area (Å²) in [7, 11) is 0. The second kappa shape index (κ2) is 7.11. The number of hydrogen-bond acceptors (Lipinski definition) is 3. The fourth-order valence-corrected chi connectivity index (χ4v) is 3.06. The molecule has 1 aromatic carbocycles. The number of amides is 2. The quantitative estimate of drug-likeness (QED) is 0.713. The van der Waals surface area contributed by atoms with E-state index in [1.54, 1.807) is 6.92 Å². The number of piperazine rings is 1. The van der Waals surface area contributed by atoms with Crippen molar-refractivity contribution in [1.29, 1.82) is 0 Å². The Kier molecular flexibility index (Phi) is 4.90. The van der Waals surface area contributed by atoms with Gasteiger partial charge in [-0.1, -0.05) is 29.8 Å². The lowest BCUT2D eigenvalue weighted by molar-refractivity contribution is -0.136. The van der Waals surface area contributed by atoms with Gasteiger partial charge in [-0.25, -0.2) is 0 Å². The lowest BCUT2D eigenvalue weighted by Crippen LogP contribution is -2.61. The van der Waals surface area contributed by atoms with E-state index in [2.05, 4.69) is 15.2 Å². The summed E-state index contributed by atoms with van der Waals surface area (Å²) in [5.41, 5.74) is 2.99. The summed E-state index contributed by atoms with van der Waals surface area (Å²) in [6.07, 6.45) is 4.44. The Bertz CT molecular complexity index is 838. The average Bonchev–Trinajstić information content (AvgIpc) is 2.95. The first-order valence-corrected chi connectivity index (χ1v) is 8.43. The van der Waals surface area contributed by atoms with Gasteiger partial charge in [-0.3, -0.25) is 9.59 Å². The molecule has 0 aliphatic carbocycles. The summed E-state index contributed by atoms with van der Waals surface area (Å²) in [4.78, 5) is 24.0. The maximum atomic E-state index is 12.2. The Labute approximate surface area is 146 Å². The highest BCUT2D eigenvalue weighted by atomic mass is 16.3. The first-order chi connectivity index (χ1) is 12.0. The summed E-state index contributed by atoms with van der Waals surface area (Å²) >= 11 is 0. The molecular formula is C19H23N3O3. The molecule has 6 nitrogen and oxygen atoms in total. The van der Waals surface area contributed by atoms with Gasteiger partial charge in [0.15, 0.2) is 0 Å². The molecule has 0 bridgehead atoms. The van der Waals surface area contributed by atoms with E-state index in [0.717, 1.165) is 22.0 Å². The molecule has 0 saturated carbocycles. The predicted octanol–water partition coefficient (Wildman–Crippen LogP) is 1.13. The van der Waals surface area contributed by atoms with Crippen LogP contribution in [0.4, 0.5) is 0 Å². The number of carbonyl (C=O) groups is 2. The highest BCUT2D eigenvalue weighted by Gasteiger charge is 2.31. The van der Waals surface area contributed by atoms with Crippen molar-refractivity contribution in [3.05, 3.63) is 47.7 Å². The van der Waals surface area contributed by atoms with Gasteiger partial charge < -0.3 is 20.3 Å². The van der Waals surface area contributed by atoms with Crippen molar-refractivity contribution in [3.8, 4) is 0 Å². The minimum Gasteiger partial charge on any atom is -0.392 e. The molecule has 2 heterocycles. The minimum absolute atomic E-state index is 0.0402. The summed E-state index contributed by atoms with van der Waals surface area (Å²) < 4.78 is 2.09. The van der Waals surface area contributed by atoms with Gasteiger partial charge in [-0.05, 0) is 25.5 Å². The van der Waals surface area contributed by atoms with Gasteiger partial charge in [0.05, 0.1) is 6.61 Å². The van der Waals surface area contributed by atoms with E-state index in [-0.39, 0.29) is 18.4 Å². The van der Waals surface area contributed by atoms with Crippen LogP contribution >= 0.6 is 0 Å². The molecule has 1 aliphatic heterocycles. The second-order valence-corrected chi connectivity index (χ2v) is 6.53. The topological polar surface area (TPSA) is 83.4 Å². The van der Waals surface area contributed by atoms with Gasteiger partial charge in [-0.15, -0.1) is 0 Å².